The summed E-state index contributed by atoms with van der Waals surface area (Å²) in [5, 5.41) is 2.09. The van der Waals surface area contributed by atoms with Crippen molar-refractivity contribution in [1.82, 2.24) is 0 Å². The number of anilines is 1. The number of carbonyl (C=O) groups is 1. The lowest BCUT2D eigenvalue weighted by atomic mass is 10.1. The van der Waals surface area contributed by atoms with Crippen molar-refractivity contribution in [3.05, 3.63) is 28.2 Å². The molecule has 0 atom stereocenters. The second-order valence-corrected chi connectivity index (χ2v) is 3.86. The minimum atomic E-state index is -4.53. The third-order valence-electron chi connectivity index (χ3n) is 1.75. The number of benzene rings is 1. The quantitative estimate of drug-likeness (QED) is 0.880. The summed E-state index contributed by atoms with van der Waals surface area (Å²) < 4.78 is 38.0. The van der Waals surface area contributed by atoms with Crippen LogP contribution in [0.5, 0.6) is 0 Å². The molecule has 0 saturated heterocycles. The van der Waals surface area contributed by atoms with Crippen LogP contribution in [0.15, 0.2) is 22.7 Å². The Bertz CT molecular complexity index is 406. The highest BCUT2D eigenvalue weighted by atomic mass is 79.9. The highest BCUT2D eigenvalue weighted by molar-refractivity contribution is 9.10. The Kier molecular flexibility index (Phi) is 3.93. The van der Waals surface area contributed by atoms with Crippen molar-refractivity contribution in [2.24, 2.45) is 5.73 Å². The van der Waals surface area contributed by atoms with Crippen LogP contribution in [-0.4, -0.2) is 12.5 Å². The number of nitrogens with one attached hydrogen (secondary N) is 1. The molecule has 0 radical (unpaired) electrons. The van der Waals surface area contributed by atoms with Gasteiger partial charge in [-0.3, -0.25) is 4.79 Å². The van der Waals surface area contributed by atoms with Gasteiger partial charge in [0, 0.05) is 4.47 Å². The van der Waals surface area contributed by atoms with Crippen LogP contribution < -0.4 is 11.1 Å². The molecule has 0 aliphatic heterocycles. The van der Waals surface area contributed by atoms with Crippen molar-refractivity contribution < 1.29 is 18.0 Å². The monoisotopic (exact) mass is 296 g/mol. The lowest BCUT2D eigenvalue weighted by Crippen LogP contribution is -2.23. The number of hydrogen-bond donors (Lipinski definition) is 2. The summed E-state index contributed by atoms with van der Waals surface area (Å²) in [5.41, 5.74) is 3.79. The highest BCUT2D eigenvalue weighted by Gasteiger charge is 2.34. The maximum absolute atomic E-state index is 12.6. The summed E-state index contributed by atoms with van der Waals surface area (Å²) in [5.74, 6) is -0.673. The van der Waals surface area contributed by atoms with Crippen LogP contribution in [-0.2, 0) is 11.0 Å². The van der Waals surface area contributed by atoms with Gasteiger partial charge in [-0.2, -0.15) is 13.2 Å². The number of carbonyl (C=O) groups excluding carboxylic acids is 1. The van der Waals surface area contributed by atoms with Gasteiger partial charge in [-0.05, 0) is 18.2 Å². The molecular weight excluding hydrogens is 289 g/mol. The lowest BCUT2D eigenvalue weighted by Gasteiger charge is -2.13. The summed E-state index contributed by atoms with van der Waals surface area (Å²) in [6.45, 7) is -0.368. The second-order valence-electron chi connectivity index (χ2n) is 2.94. The van der Waals surface area contributed by atoms with E-state index in [4.69, 9.17) is 5.73 Å². The first-order chi connectivity index (χ1) is 7.34. The fourth-order valence-corrected chi connectivity index (χ4v) is 1.42. The molecule has 7 heteroatoms. The van der Waals surface area contributed by atoms with Crippen molar-refractivity contribution >= 4 is 27.5 Å². The molecule has 0 heterocycles. The van der Waals surface area contributed by atoms with Crippen LogP contribution in [0.25, 0.3) is 0 Å². The Morgan fingerprint density at radius 3 is 2.56 bits per heavy atom. The largest absolute Gasteiger partial charge is 0.418 e. The average molecular weight is 297 g/mol. The molecule has 1 aromatic carbocycles. The summed E-state index contributed by atoms with van der Waals surface area (Å²) in [4.78, 5) is 10.9. The number of halogens is 4. The third kappa shape index (κ3) is 3.21. The minimum Gasteiger partial charge on any atom is -0.324 e. The molecule has 0 saturated carbocycles. The zero-order valence-corrected chi connectivity index (χ0v) is 9.52. The van der Waals surface area contributed by atoms with Crippen LogP contribution >= 0.6 is 15.9 Å². The number of hydrogen-bond acceptors (Lipinski definition) is 2. The van der Waals surface area contributed by atoms with Crippen LogP contribution in [0.3, 0.4) is 0 Å². The van der Waals surface area contributed by atoms with Gasteiger partial charge in [0.25, 0.3) is 0 Å². The van der Waals surface area contributed by atoms with Crippen LogP contribution in [0, 0.1) is 0 Å². The van der Waals surface area contributed by atoms with E-state index in [-0.39, 0.29) is 16.7 Å². The summed E-state index contributed by atoms with van der Waals surface area (Å²) >= 11 is 2.93. The molecule has 16 heavy (non-hydrogen) atoms. The zero-order valence-electron chi connectivity index (χ0n) is 7.94. The van der Waals surface area contributed by atoms with Gasteiger partial charge in [0.15, 0.2) is 0 Å². The second kappa shape index (κ2) is 4.84. The first-order valence-electron chi connectivity index (χ1n) is 4.21. The highest BCUT2D eigenvalue weighted by Crippen LogP contribution is 2.36. The lowest BCUT2D eigenvalue weighted by molar-refractivity contribution is -0.137. The van der Waals surface area contributed by atoms with Gasteiger partial charge in [0.2, 0.25) is 5.91 Å². The van der Waals surface area contributed by atoms with E-state index in [9.17, 15) is 18.0 Å². The molecule has 0 aliphatic carbocycles. The summed E-state index contributed by atoms with van der Waals surface area (Å²) in [7, 11) is 0. The molecule has 3 N–H and O–H groups in total. The first-order valence-corrected chi connectivity index (χ1v) is 5.00. The Labute approximate surface area is 97.9 Å². The van der Waals surface area contributed by atoms with Crippen molar-refractivity contribution in [3.8, 4) is 0 Å². The number of alkyl halides is 3. The molecule has 0 aromatic heterocycles. The minimum absolute atomic E-state index is 0.283. The van der Waals surface area contributed by atoms with E-state index in [2.05, 4.69) is 21.2 Å². The Hall–Kier alpha value is -1.08. The SMILES string of the molecule is NCC(=O)Nc1ccc(Br)cc1C(F)(F)F. The molecule has 1 aromatic rings. The van der Waals surface area contributed by atoms with E-state index in [0.717, 1.165) is 6.07 Å². The third-order valence-corrected chi connectivity index (χ3v) is 2.24. The van der Waals surface area contributed by atoms with E-state index in [1.807, 2.05) is 0 Å². The maximum atomic E-state index is 12.6. The smallest absolute Gasteiger partial charge is 0.324 e. The Morgan fingerprint density at radius 1 is 1.44 bits per heavy atom. The van der Waals surface area contributed by atoms with Gasteiger partial charge in [0.1, 0.15) is 0 Å². The zero-order chi connectivity index (χ0) is 12.3. The molecule has 0 spiro atoms. The average Bonchev–Trinajstić information content (AvgIpc) is 2.19. The summed E-state index contributed by atoms with van der Waals surface area (Å²) in [6, 6.07) is 3.47. The molecule has 0 fully saturated rings. The molecular formula is C9H8BrF3N2O. The topological polar surface area (TPSA) is 55.1 Å². The van der Waals surface area contributed by atoms with Crippen molar-refractivity contribution in [3.63, 3.8) is 0 Å². The van der Waals surface area contributed by atoms with Crippen LogP contribution in [0.4, 0.5) is 18.9 Å². The Balaban J connectivity index is 3.13. The normalized spacial score (nSPS) is 11.3. The molecule has 88 valence electrons. The van der Waals surface area contributed by atoms with Crippen LogP contribution in [0.2, 0.25) is 0 Å². The van der Waals surface area contributed by atoms with Crippen LogP contribution in [0.1, 0.15) is 5.56 Å². The number of nitrogens with two attached hydrogens (primary N) is 1. The predicted octanol–water partition coefficient (Wildman–Crippen LogP) is 2.37. The Morgan fingerprint density at radius 2 is 2.06 bits per heavy atom. The van der Waals surface area contributed by atoms with Gasteiger partial charge >= 0.3 is 6.18 Å². The van der Waals surface area contributed by atoms with Gasteiger partial charge in [-0.25, -0.2) is 0 Å². The summed E-state index contributed by atoms with van der Waals surface area (Å²) in [6.07, 6.45) is -4.53. The van der Waals surface area contributed by atoms with Gasteiger partial charge < -0.3 is 11.1 Å². The fourth-order valence-electron chi connectivity index (χ4n) is 1.06. The van der Waals surface area contributed by atoms with E-state index in [1.165, 1.54) is 12.1 Å². The van der Waals surface area contributed by atoms with E-state index >= 15 is 0 Å². The fraction of sp³-hybridized carbons (Fsp3) is 0.222. The predicted molar refractivity (Wildman–Crippen MR) is 56.8 cm³/mol. The molecule has 1 amide bonds. The molecule has 0 bridgehead atoms. The first kappa shape index (κ1) is 13.0. The number of amides is 1. The van der Waals surface area contributed by atoms with Crippen molar-refractivity contribution in [1.29, 1.82) is 0 Å². The van der Waals surface area contributed by atoms with Crippen molar-refractivity contribution in [2.75, 3.05) is 11.9 Å². The number of rotatable bonds is 2. The standard InChI is InChI=1S/C9H8BrF3N2O/c10-5-1-2-7(15-8(16)4-14)6(3-5)9(11,12)13/h1-3H,4,14H2,(H,15,16). The van der Waals surface area contributed by atoms with E-state index < -0.39 is 17.6 Å². The molecule has 1 rings (SSSR count). The maximum Gasteiger partial charge on any atom is 0.418 e. The molecule has 0 unspecified atom stereocenters. The van der Waals surface area contributed by atoms with Gasteiger partial charge in [0.05, 0.1) is 17.8 Å². The molecule has 3 nitrogen and oxygen atoms in total. The molecule has 0 aliphatic rings. The van der Waals surface area contributed by atoms with E-state index in [1.54, 1.807) is 0 Å². The van der Waals surface area contributed by atoms with E-state index in [0.29, 0.717) is 0 Å². The van der Waals surface area contributed by atoms with Gasteiger partial charge in [-0.1, -0.05) is 15.9 Å². The van der Waals surface area contributed by atoms with Gasteiger partial charge in [-0.15, -0.1) is 0 Å². The van der Waals surface area contributed by atoms with Crippen molar-refractivity contribution in [2.45, 2.75) is 6.18 Å².